The zero-order valence-electron chi connectivity index (χ0n) is 29.8. The molecule has 0 aliphatic heterocycles. The number of fused-ring (bicyclic) bond motifs is 7. The first-order chi connectivity index (χ1) is 27.3. The highest BCUT2D eigenvalue weighted by atomic mass is 32.1. The van der Waals surface area contributed by atoms with Gasteiger partial charge in [-0.1, -0.05) is 158 Å². The molecule has 0 aliphatic rings. The van der Waals surface area contributed by atoms with E-state index in [-0.39, 0.29) is 0 Å². The SMILES string of the molecule is c1cc(-c2ccc(-c3cccc4ccccc34)cc2)cc(N(c2ccccc2-c2cccc3sc4ccccc4c23)c2cccc3c2oc2ccccc23)c1. The Morgan fingerprint density at radius 3 is 1.93 bits per heavy atom. The Labute approximate surface area is 322 Å². The topological polar surface area (TPSA) is 16.4 Å². The largest absolute Gasteiger partial charge is 0.454 e. The Hall–Kier alpha value is -6.94. The number of anilines is 3. The lowest BCUT2D eigenvalue weighted by atomic mass is 9.95. The fourth-order valence-electron chi connectivity index (χ4n) is 8.36. The van der Waals surface area contributed by atoms with E-state index in [1.807, 2.05) is 17.4 Å². The second-order valence-electron chi connectivity index (χ2n) is 14.0. The van der Waals surface area contributed by atoms with Crippen molar-refractivity contribution in [2.24, 2.45) is 0 Å². The van der Waals surface area contributed by atoms with E-state index >= 15 is 0 Å². The molecule has 3 heteroatoms. The smallest absolute Gasteiger partial charge is 0.159 e. The second-order valence-corrected chi connectivity index (χ2v) is 15.1. The number of para-hydroxylation sites is 3. The van der Waals surface area contributed by atoms with Crippen molar-refractivity contribution in [2.45, 2.75) is 0 Å². The average Bonchev–Trinajstić information content (AvgIpc) is 3.83. The zero-order chi connectivity index (χ0) is 36.3. The van der Waals surface area contributed by atoms with Crippen molar-refractivity contribution in [3.63, 3.8) is 0 Å². The predicted molar refractivity (Wildman–Crippen MR) is 235 cm³/mol. The van der Waals surface area contributed by atoms with Gasteiger partial charge in [-0.25, -0.2) is 0 Å². The molecule has 2 aromatic heterocycles. The highest BCUT2D eigenvalue weighted by molar-refractivity contribution is 7.25. The molecule has 11 rings (SSSR count). The van der Waals surface area contributed by atoms with Crippen LogP contribution in [0.25, 0.3) is 86.3 Å². The molecule has 11 aromatic rings. The molecule has 0 atom stereocenters. The second kappa shape index (κ2) is 12.9. The van der Waals surface area contributed by atoms with Gasteiger partial charge in [-0.3, -0.25) is 0 Å². The standard InChI is InChI=1S/C52H33NOS/c1-2-17-39-35(13-1)14-10-21-40(39)36-31-29-34(30-32-36)37-15-9-16-38(33-37)53(47-25-11-23-44-42-19-4-7-26-48(42)54-52(44)47)46-24-6-3-18-41(46)43-22-12-28-50-51(43)45-20-5-8-27-49(45)55-50/h1-33H. The first-order valence-electron chi connectivity index (χ1n) is 18.7. The Morgan fingerprint density at radius 1 is 0.382 bits per heavy atom. The lowest BCUT2D eigenvalue weighted by Gasteiger charge is -2.28. The summed E-state index contributed by atoms with van der Waals surface area (Å²) in [6.07, 6.45) is 0. The summed E-state index contributed by atoms with van der Waals surface area (Å²) in [5.41, 5.74) is 12.0. The van der Waals surface area contributed by atoms with Crippen LogP contribution in [-0.4, -0.2) is 0 Å². The predicted octanol–water partition coefficient (Wildman–Crippen LogP) is 15.6. The van der Waals surface area contributed by atoms with Crippen molar-refractivity contribution in [1.29, 1.82) is 0 Å². The fourth-order valence-corrected chi connectivity index (χ4v) is 9.49. The summed E-state index contributed by atoms with van der Waals surface area (Å²) in [5, 5.41) is 7.30. The van der Waals surface area contributed by atoms with Crippen LogP contribution in [0.1, 0.15) is 0 Å². The summed E-state index contributed by atoms with van der Waals surface area (Å²) in [6.45, 7) is 0. The van der Waals surface area contributed by atoms with E-state index < -0.39 is 0 Å². The minimum atomic E-state index is 0.863. The third-order valence-electron chi connectivity index (χ3n) is 10.9. The van der Waals surface area contributed by atoms with E-state index in [1.54, 1.807) is 0 Å². The number of hydrogen-bond donors (Lipinski definition) is 0. The zero-order valence-corrected chi connectivity index (χ0v) is 30.6. The molecular formula is C52H33NOS. The van der Waals surface area contributed by atoms with Crippen molar-refractivity contribution in [3.8, 4) is 33.4 Å². The van der Waals surface area contributed by atoms with Crippen molar-refractivity contribution in [1.82, 2.24) is 0 Å². The number of hydrogen-bond acceptors (Lipinski definition) is 3. The Morgan fingerprint density at radius 2 is 1.00 bits per heavy atom. The molecule has 0 unspecified atom stereocenters. The Bertz CT molecular complexity index is 3220. The van der Waals surface area contributed by atoms with Gasteiger partial charge in [-0.05, 0) is 81.1 Å². The molecule has 0 aliphatic carbocycles. The summed E-state index contributed by atoms with van der Waals surface area (Å²) >= 11 is 1.85. The van der Waals surface area contributed by atoms with Crippen molar-refractivity contribution < 1.29 is 4.42 Å². The number of thiophene rings is 1. The Kier molecular flexibility index (Phi) is 7.39. The molecule has 0 saturated carbocycles. The molecule has 0 spiro atoms. The van der Waals surface area contributed by atoms with Gasteiger partial charge in [0, 0.05) is 42.2 Å². The van der Waals surface area contributed by atoms with Gasteiger partial charge >= 0.3 is 0 Å². The molecule has 0 saturated heterocycles. The molecule has 9 aromatic carbocycles. The molecule has 0 radical (unpaired) electrons. The summed E-state index contributed by atoms with van der Waals surface area (Å²) < 4.78 is 9.31. The van der Waals surface area contributed by atoms with Crippen molar-refractivity contribution >= 4 is 81.3 Å². The van der Waals surface area contributed by atoms with Gasteiger partial charge < -0.3 is 9.32 Å². The van der Waals surface area contributed by atoms with Gasteiger partial charge in [-0.2, -0.15) is 0 Å². The summed E-state index contributed by atoms with van der Waals surface area (Å²) in [5.74, 6) is 0. The van der Waals surface area contributed by atoms with Gasteiger partial charge in [0.05, 0.1) is 11.4 Å². The fraction of sp³-hybridized carbons (Fsp3) is 0. The highest BCUT2D eigenvalue weighted by Gasteiger charge is 2.23. The van der Waals surface area contributed by atoms with E-state index in [4.69, 9.17) is 4.42 Å². The van der Waals surface area contributed by atoms with E-state index in [1.165, 1.54) is 47.6 Å². The van der Waals surface area contributed by atoms with Gasteiger partial charge in [0.2, 0.25) is 0 Å². The third kappa shape index (κ3) is 5.24. The van der Waals surface area contributed by atoms with E-state index in [2.05, 4.69) is 199 Å². The molecule has 0 amide bonds. The van der Waals surface area contributed by atoms with Gasteiger partial charge in [-0.15, -0.1) is 11.3 Å². The van der Waals surface area contributed by atoms with E-state index in [9.17, 15) is 0 Å². The van der Waals surface area contributed by atoms with Crippen LogP contribution in [0.5, 0.6) is 0 Å². The first-order valence-corrected chi connectivity index (χ1v) is 19.5. The van der Waals surface area contributed by atoms with E-state index in [0.29, 0.717) is 0 Å². The summed E-state index contributed by atoms with van der Waals surface area (Å²) in [7, 11) is 0. The van der Waals surface area contributed by atoms with Gasteiger partial charge in [0.1, 0.15) is 5.58 Å². The van der Waals surface area contributed by atoms with Crippen LogP contribution in [0.3, 0.4) is 0 Å². The van der Waals surface area contributed by atoms with Crippen LogP contribution < -0.4 is 4.90 Å². The van der Waals surface area contributed by atoms with E-state index in [0.717, 1.165) is 55.7 Å². The third-order valence-corrected chi connectivity index (χ3v) is 12.0. The monoisotopic (exact) mass is 719 g/mol. The van der Waals surface area contributed by atoms with Crippen LogP contribution >= 0.6 is 11.3 Å². The maximum absolute atomic E-state index is 6.73. The number of furan rings is 1. The average molecular weight is 720 g/mol. The molecule has 0 N–H and O–H groups in total. The minimum Gasteiger partial charge on any atom is -0.454 e. The molecule has 0 bridgehead atoms. The number of benzene rings is 9. The lowest BCUT2D eigenvalue weighted by molar-refractivity contribution is 0.669. The molecule has 55 heavy (non-hydrogen) atoms. The highest BCUT2D eigenvalue weighted by Crippen LogP contribution is 2.48. The van der Waals surface area contributed by atoms with Gasteiger partial charge in [0.25, 0.3) is 0 Å². The van der Waals surface area contributed by atoms with Crippen LogP contribution in [0.2, 0.25) is 0 Å². The van der Waals surface area contributed by atoms with Crippen LogP contribution in [0.4, 0.5) is 17.1 Å². The number of rotatable bonds is 6. The summed E-state index contributed by atoms with van der Waals surface area (Å²) in [4.78, 5) is 2.39. The van der Waals surface area contributed by atoms with Crippen molar-refractivity contribution in [2.75, 3.05) is 4.90 Å². The maximum atomic E-state index is 6.73. The number of nitrogens with zero attached hydrogens (tertiary/aromatic N) is 1. The van der Waals surface area contributed by atoms with Crippen molar-refractivity contribution in [3.05, 3.63) is 200 Å². The maximum Gasteiger partial charge on any atom is 0.159 e. The normalized spacial score (nSPS) is 11.6. The Balaban J connectivity index is 1.11. The van der Waals surface area contributed by atoms with Crippen LogP contribution in [0, 0.1) is 0 Å². The van der Waals surface area contributed by atoms with Crippen LogP contribution in [0.15, 0.2) is 205 Å². The molecule has 2 heterocycles. The molecule has 2 nitrogen and oxygen atoms in total. The minimum absolute atomic E-state index is 0.863. The lowest BCUT2D eigenvalue weighted by Crippen LogP contribution is -2.11. The summed E-state index contributed by atoms with van der Waals surface area (Å²) in [6, 6.07) is 72.1. The van der Waals surface area contributed by atoms with Gasteiger partial charge in [0.15, 0.2) is 5.58 Å². The molecule has 258 valence electrons. The first kappa shape index (κ1) is 31.6. The quantitative estimate of drug-likeness (QED) is 0.170. The molecule has 0 fully saturated rings. The molecular weight excluding hydrogens is 687 g/mol. The van der Waals surface area contributed by atoms with Crippen LogP contribution in [-0.2, 0) is 0 Å².